The van der Waals surface area contributed by atoms with Gasteiger partial charge in [-0.1, -0.05) is 28.1 Å². The van der Waals surface area contributed by atoms with Crippen molar-refractivity contribution in [2.45, 2.75) is 24.8 Å². The van der Waals surface area contributed by atoms with Gasteiger partial charge in [0.15, 0.2) is 0 Å². The minimum absolute atomic E-state index is 0.00696. The van der Waals surface area contributed by atoms with Crippen LogP contribution in [0.2, 0.25) is 0 Å². The van der Waals surface area contributed by atoms with Gasteiger partial charge in [0.1, 0.15) is 6.61 Å². The second-order valence-electron chi connectivity index (χ2n) is 4.89. The maximum absolute atomic E-state index is 10.5. The summed E-state index contributed by atoms with van der Waals surface area (Å²) in [6.07, 6.45) is 2.32. The van der Waals surface area contributed by atoms with Crippen LogP contribution in [-0.2, 0) is 9.53 Å². The van der Waals surface area contributed by atoms with Gasteiger partial charge in [-0.2, -0.15) is 0 Å². The Balaban J connectivity index is 1.60. The molecule has 5 heteroatoms. The number of benzene rings is 1. The highest BCUT2D eigenvalue weighted by molar-refractivity contribution is 9.10. The number of primary amides is 1. The summed E-state index contributed by atoms with van der Waals surface area (Å²) in [4.78, 5) is 10.5. The molecule has 1 aliphatic rings. The van der Waals surface area contributed by atoms with Gasteiger partial charge in [-0.05, 0) is 36.5 Å². The molecule has 1 saturated carbocycles. The normalized spacial score (nSPS) is 21.9. The van der Waals surface area contributed by atoms with Crippen LogP contribution in [0.4, 0.5) is 0 Å². The van der Waals surface area contributed by atoms with E-state index in [2.05, 4.69) is 39.4 Å². The highest BCUT2D eigenvalue weighted by atomic mass is 79.9. The molecule has 104 valence electrons. The summed E-state index contributed by atoms with van der Waals surface area (Å²) < 4.78 is 6.24. The van der Waals surface area contributed by atoms with Crippen LogP contribution in [0.25, 0.3) is 0 Å². The molecule has 4 nitrogen and oxygen atoms in total. The van der Waals surface area contributed by atoms with Crippen molar-refractivity contribution in [2.75, 3.05) is 19.8 Å². The lowest BCUT2D eigenvalue weighted by molar-refractivity contribution is -0.122. The Bertz CT molecular complexity index is 433. The van der Waals surface area contributed by atoms with Crippen molar-refractivity contribution in [3.05, 3.63) is 34.3 Å². The summed E-state index contributed by atoms with van der Waals surface area (Å²) in [6, 6.07) is 9.06. The van der Waals surface area contributed by atoms with Gasteiger partial charge >= 0.3 is 0 Å². The van der Waals surface area contributed by atoms with Gasteiger partial charge in [0.2, 0.25) is 5.91 Å². The molecule has 0 heterocycles. The highest BCUT2D eigenvalue weighted by Gasteiger charge is 2.29. The number of rotatable bonds is 7. The van der Waals surface area contributed by atoms with E-state index in [1.165, 1.54) is 5.56 Å². The number of halogens is 1. The molecule has 0 spiro atoms. The number of nitrogens with two attached hydrogens (primary N) is 1. The minimum Gasteiger partial charge on any atom is -0.370 e. The van der Waals surface area contributed by atoms with Crippen molar-refractivity contribution in [1.82, 2.24) is 5.32 Å². The lowest BCUT2D eigenvalue weighted by Crippen LogP contribution is -2.41. The fourth-order valence-electron chi connectivity index (χ4n) is 2.33. The Hall–Kier alpha value is -0.910. The second-order valence-corrected chi connectivity index (χ2v) is 5.81. The Morgan fingerprint density at radius 3 is 2.95 bits per heavy atom. The Kier molecular flexibility index (Phi) is 5.36. The first-order chi connectivity index (χ1) is 9.15. The van der Waals surface area contributed by atoms with E-state index in [0.717, 1.165) is 23.9 Å². The molecule has 0 aromatic heterocycles. The largest absolute Gasteiger partial charge is 0.370 e. The minimum atomic E-state index is -0.418. The third-order valence-corrected chi connectivity index (χ3v) is 3.88. The van der Waals surface area contributed by atoms with E-state index >= 15 is 0 Å². The second kappa shape index (κ2) is 7.03. The van der Waals surface area contributed by atoms with E-state index in [9.17, 15) is 4.79 Å². The summed E-state index contributed by atoms with van der Waals surface area (Å²) in [5, 5.41) is 3.42. The zero-order valence-electron chi connectivity index (χ0n) is 10.8. The van der Waals surface area contributed by atoms with Crippen molar-refractivity contribution in [1.29, 1.82) is 0 Å². The summed E-state index contributed by atoms with van der Waals surface area (Å²) in [5.41, 5.74) is 6.38. The standard InChI is InChI=1S/C14H19BrN2O2/c15-12-3-1-2-10(6-12)11-7-13(8-11)17-4-5-19-9-14(16)18/h1-3,6,11,13,17H,4-5,7-9H2,(H2,16,18). The van der Waals surface area contributed by atoms with Crippen LogP contribution in [0, 0.1) is 0 Å². The molecule has 0 bridgehead atoms. The smallest absolute Gasteiger partial charge is 0.243 e. The molecule has 1 aromatic carbocycles. The van der Waals surface area contributed by atoms with Gasteiger partial charge in [0, 0.05) is 17.1 Å². The first-order valence-corrected chi connectivity index (χ1v) is 7.29. The fourth-order valence-corrected chi connectivity index (χ4v) is 2.74. The molecule has 1 amide bonds. The molecular formula is C14H19BrN2O2. The third-order valence-electron chi connectivity index (χ3n) is 3.38. The maximum Gasteiger partial charge on any atom is 0.243 e. The van der Waals surface area contributed by atoms with Crippen molar-refractivity contribution >= 4 is 21.8 Å². The first kappa shape index (κ1) is 14.5. The van der Waals surface area contributed by atoms with Crippen LogP contribution in [0.5, 0.6) is 0 Å². The van der Waals surface area contributed by atoms with Crippen LogP contribution in [-0.4, -0.2) is 31.7 Å². The zero-order valence-corrected chi connectivity index (χ0v) is 12.4. The molecule has 0 atom stereocenters. The molecule has 0 unspecified atom stereocenters. The Labute approximate surface area is 121 Å². The van der Waals surface area contributed by atoms with E-state index in [0.29, 0.717) is 18.6 Å². The summed E-state index contributed by atoms with van der Waals surface area (Å²) in [6.45, 7) is 1.30. The maximum atomic E-state index is 10.5. The average molecular weight is 327 g/mol. The van der Waals surface area contributed by atoms with Crippen molar-refractivity contribution in [3.8, 4) is 0 Å². The fraction of sp³-hybridized carbons (Fsp3) is 0.500. The van der Waals surface area contributed by atoms with E-state index in [1.807, 2.05) is 6.07 Å². The predicted octanol–water partition coefficient (Wildman–Crippen LogP) is 1.79. The highest BCUT2D eigenvalue weighted by Crippen LogP contribution is 2.37. The lowest BCUT2D eigenvalue weighted by Gasteiger charge is -2.36. The zero-order chi connectivity index (χ0) is 13.7. The molecular weight excluding hydrogens is 308 g/mol. The Morgan fingerprint density at radius 1 is 1.47 bits per heavy atom. The summed E-state index contributed by atoms with van der Waals surface area (Å²) in [5.74, 6) is 0.236. The third kappa shape index (κ3) is 4.60. The lowest BCUT2D eigenvalue weighted by atomic mass is 9.76. The van der Waals surface area contributed by atoms with E-state index in [4.69, 9.17) is 10.5 Å². The number of amides is 1. The van der Waals surface area contributed by atoms with E-state index in [-0.39, 0.29) is 6.61 Å². The van der Waals surface area contributed by atoms with Gasteiger partial charge in [-0.25, -0.2) is 0 Å². The SMILES string of the molecule is NC(=O)COCCNC1CC(c2cccc(Br)c2)C1. The topological polar surface area (TPSA) is 64.4 Å². The van der Waals surface area contributed by atoms with Crippen LogP contribution >= 0.6 is 15.9 Å². The molecule has 1 aromatic rings. The average Bonchev–Trinajstić information content (AvgIpc) is 2.30. The molecule has 1 fully saturated rings. The first-order valence-electron chi connectivity index (χ1n) is 6.50. The van der Waals surface area contributed by atoms with Crippen LogP contribution in [0.15, 0.2) is 28.7 Å². The van der Waals surface area contributed by atoms with Crippen molar-refractivity contribution in [3.63, 3.8) is 0 Å². The van der Waals surface area contributed by atoms with Crippen molar-refractivity contribution < 1.29 is 9.53 Å². The monoisotopic (exact) mass is 326 g/mol. The van der Waals surface area contributed by atoms with E-state index in [1.54, 1.807) is 0 Å². The molecule has 1 aliphatic carbocycles. The summed E-state index contributed by atoms with van der Waals surface area (Å²) in [7, 11) is 0. The number of hydrogen-bond donors (Lipinski definition) is 2. The number of carbonyl (C=O) groups is 1. The number of hydrogen-bond acceptors (Lipinski definition) is 3. The quantitative estimate of drug-likeness (QED) is 0.751. The summed E-state index contributed by atoms with van der Waals surface area (Å²) >= 11 is 3.50. The van der Waals surface area contributed by atoms with Gasteiger partial charge in [0.05, 0.1) is 6.61 Å². The van der Waals surface area contributed by atoms with Crippen LogP contribution in [0.3, 0.4) is 0 Å². The van der Waals surface area contributed by atoms with Crippen molar-refractivity contribution in [2.24, 2.45) is 5.73 Å². The van der Waals surface area contributed by atoms with Gasteiger partial charge < -0.3 is 15.8 Å². The molecule has 3 N–H and O–H groups in total. The number of carbonyl (C=O) groups excluding carboxylic acids is 1. The predicted molar refractivity (Wildman–Crippen MR) is 77.9 cm³/mol. The molecule has 19 heavy (non-hydrogen) atoms. The molecule has 2 rings (SSSR count). The van der Waals surface area contributed by atoms with Crippen LogP contribution in [0.1, 0.15) is 24.3 Å². The Morgan fingerprint density at radius 2 is 2.26 bits per heavy atom. The molecule has 0 radical (unpaired) electrons. The van der Waals surface area contributed by atoms with E-state index < -0.39 is 5.91 Å². The van der Waals surface area contributed by atoms with Gasteiger partial charge in [-0.3, -0.25) is 4.79 Å². The number of nitrogens with one attached hydrogen (secondary N) is 1. The number of ether oxygens (including phenoxy) is 1. The van der Waals surface area contributed by atoms with Gasteiger partial charge in [0.25, 0.3) is 0 Å². The van der Waals surface area contributed by atoms with Crippen LogP contribution < -0.4 is 11.1 Å². The molecule has 0 saturated heterocycles. The molecule has 0 aliphatic heterocycles. The van der Waals surface area contributed by atoms with Gasteiger partial charge in [-0.15, -0.1) is 0 Å².